The fraction of sp³-hybridized carbons (Fsp3) is 0.0625. The number of benzene rings is 4. The van der Waals surface area contributed by atoms with Gasteiger partial charge in [-0.2, -0.15) is 0 Å². The highest BCUT2D eigenvalue weighted by molar-refractivity contribution is 5.84. The number of hydrogen-bond acceptors (Lipinski definition) is 4. The summed E-state index contributed by atoms with van der Waals surface area (Å²) in [7, 11) is 0. The quantitative estimate of drug-likeness (QED) is 0.249. The summed E-state index contributed by atoms with van der Waals surface area (Å²) in [6.07, 6.45) is 6.96. The van der Waals surface area contributed by atoms with Crippen LogP contribution in [0.15, 0.2) is 120 Å². The van der Waals surface area contributed by atoms with Gasteiger partial charge in [-0.3, -0.25) is 9.98 Å². The number of aromatic hydroxyl groups is 2. The van der Waals surface area contributed by atoms with Crippen molar-refractivity contribution in [3.8, 4) is 11.5 Å². The molecule has 0 heterocycles. The highest BCUT2D eigenvalue weighted by Gasteiger charge is 2.24. The predicted molar refractivity (Wildman–Crippen MR) is 150 cm³/mol. The molecule has 0 aromatic heterocycles. The molecule has 4 aromatic rings. The van der Waals surface area contributed by atoms with Gasteiger partial charge in [-0.15, -0.1) is 0 Å². The molecular formula is C32H28N2O2. The molecule has 4 rings (SSSR count). The molecule has 4 nitrogen and oxygen atoms in total. The lowest BCUT2D eigenvalue weighted by atomic mass is 9.92. The molecule has 0 fully saturated rings. The smallest absolute Gasteiger partial charge is 0.124 e. The van der Waals surface area contributed by atoms with E-state index in [1.165, 1.54) is 0 Å². The van der Waals surface area contributed by atoms with Crippen molar-refractivity contribution in [2.75, 3.05) is 0 Å². The van der Waals surface area contributed by atoms with E-state index in [1.807, 2.05) is 72.8 Å². The van der Waals surface area contributed by atoms with Crippen molar-refractivity contribution in [1.29, 1.82) is 0 Å². The van der Waals surface area contributed by atoms with Gasteiger partial charge >= 0.3 is 0 Å². The number of para-hydroxylation sites is 2. The third kappa shape index (κ3) is 5.86. The Bertz CT molecular complexity index is 1280. The molecule has 0 aliphatic rings. The van der Waals surface area contributed by atoms with Crippen molar-refractivity contribution < 1.29 is 10.2 Å². The van der Waals surface area contributed by atoms with Crippen LogP contribution in [0.1, 0.15) is 45.5 Å². The van der Waals surface area contributed by atoms with E-state index in [0.717, 1.165) is 22.3 Å². The van der Waals surface area contributed by atoms with Crippen molar-refractivity contribution in [2.45, 2.75) is 12.1 Å². The number of phenols is 2. The SMILES string of the molecule is C=Cc1ccc(C(N=Cc2ccccc2O)C(N=Cc2ccccc2O)c2ccc(C=C)cc2)cc1. The van der Waals surface area contributed by atoms with Gasteiger partial charge in [0.15, 0.2) is 0 Å². The Hall–Kier alpha value is -4.70. The predicted octanol–water partition coefficient (Wildman–Crippen LogP) is 7.40. The Kier molecular flexibility index (Phi) is 7.89. The first-order valence-electron chi connectivity index (χ1n) is 11.7. The van der Waals surface area contributed by atoms with Crippen LogP contribution in [0.2, 0.25) is 0 Å². The Morgan fingerprint density at radius 1 is 0.528 bits per heavy atom. The Morgan fingerprint density at radius 3 is 1.22 bits per heavy atom. The molecule has 0 saturated heterocycles. The Balaban J connectivity index is 1.84. The first-order chi connectivity index (χ1) is 17.6. The largest absolute Gasteiger partial charge is 0.507 e. The van der Waals surface area contributed by atoms with Crippen LogP contribution in [0, 0.1) is 0 Å². The van der Waals surface area contributed by atoms with Crippen molar-refractivity contribution in [2.24, 2.45) is 9.98 Å². The Morgan fingerprint density at radius 2 is 0.889 bits per heavy atom. The standard InChI is InChI=1S/C32H28N2O2/c1-3-23-13-17-25(18-14-23)31(33-21-27-9-5-7-11-29(27)35)32(26-19-15-24(4-2)16-20-26)34-22-28-10-6-8-12-30(28)36/h3-22,31-32,35-36H,1-2H2. The summed E-state index contributed by atoms with van der Waals surface area (Å²) in [6, 6.07) is 29.4. The van der Waals surface area contributed by atoms with Gasteiger partial charge < -0.3 is 10.2 Å². The third-order valence-electron chi connectivity index (χ3n) is 5.95. The highest BCUT2D eigenvalue weighted by Crippen LogP contribution is 2.36. The lowest BCUT2D eigenvalue weighted by Crippen LogP contribution is -2.09. The van der Waals surface area contributed by atoms with Gasteiger partial charge in [0.1, 0.15) is 23.6 Å². The summed E-state index contributed by atoms with van der Waals surface area (Å²) < 4.78 is 0. The fourth-order valence-corrected chi connectivity index (χ4v) is 3.87. The van der Waals surface area contributed by atoms with E-state index >= 15 is 0 Å². The maximum Gasteiger partial charge on any atom is 0.124 e. The van der Waals surface area contributed by atoms with Crippen molar-refractivity contribution >= 4 is 24.6 Å². The van der Waals surface area contributed by atoms with Crippen LogP contribution in [0.25, 0.3) is 12.2 Å². The number of hydrogen-bond donors (Lipinski definition) is 2. The van der Waals surface area contributed by atoms with E-state index in [-0.39, 0.29) is 11.5 Å². The van der Waals surface area contributed by atoms with E-state index in [9.17, 15) is 10.2 Å². The first-order valence-corrected chi connectivity index (χ1v) is 11.7. The minimum Gasteiger partial charge on any atom is -0.507 e. The normalized spacial score (nSPS) is 13.0. The minimum absolute atomic E-state index is 0.159. The van der Waals surface area contributed by atoms with E-state index < -0.39 is 12.1 Å². The molecule has 0 aliphatic heterocycles. The van der Waals surface area contributed by atoms with Crippen LogP contribution < -0.4 is 0 Å². The molecule has 2 N–H and O–H groups in total. The molecule has 0 bridgehead atoms. The Labute approximate surface area is 212 Å². The maximum absolute atomic E-state index is 10.3. The molecule has 0 aliphatic carbocycles. The molecule has 4 heteroatoms. The van der Waals surface area contributed by atoms with Crippen LogP contribution >= 0.6 is 0 Å². The van der Waals surface area contributed by atoms with Gasteiger partial charge in [-0.1, -0.05) is 98.1 Å². The van der Waals surface area contributed by atoms with Crippen molar-refractivity contribution in [3.05, 3.63) is 144 Å². The van der Waals surface area contributed by atoms with Crippen LogP contribution in [0.3, 0.4) is 0 Å². The molecule has 0 spiro atoms. The molecule has 2 unspecified atom stereocenters. The molecule has 2 atom stereocenters. The molecule has 178 valence electrons. The van der Waals surface area contributed by atoms with Gasteiger partial charge in [0.25, 0.3) is 0 Å². The van der Waals surface area contributed by atoms with Crippen LogP contribution in [-0.2, 0) is 0 Å². The van der Waals surface area contributed by atoms with E-state index in [0.29, 0.717) is 11.1 Å². The number of nitrogens with zero attached hydrogens (tertiary/aromatic N) is 2. The van der Waals surface area contributed by atoms with Crippen molar-refractivity contribution in [1.82, 2.24) is 0 Å². The zero-order valence-electron chi connectivity index (χ0n) is 19.9. The van der Waals surface area contributed by atoms with Gasteiger partial charge in [0.05, 0.1) is 0 Å². The minimum atomic E-state index is -0.403. The van der Waals surface area contributed by atoms with E-state index in [2.05, 4.69) is 13.2 Å². The number of rotatable bonds is 9. The summed E-state index contributed by atoms with van der Waals surface area (Å²) in [5, 5.41) is 20.6. The third-order valence-corrected chi connectivity index (χ3v) is 5.95. The van der Waals surface area contributed by atoms with Crippen molar-refractivity contribution in [3.63, 3.8) is 0 Å². The van der Waals surface area contributed by atoms with Gasteiger partial charge in [-0.05, 0) is 46.5 Å². The second-order valence-corrected chi connectivity index (χ2v) is 8.31. The zero-order chi connectivity index (χ0) is 25.3. The van der Waals surface area contributed by atoms with Crippen LogP contribution in [-0.4, -0.2) is 22.6 Å². The summed E-state index contributed by atoms with van der Waals surface area (Å²) in [6.45, 7) is 7.70. The second kappa shape index (κ2) is 11.6. The van der Waals surface area contributed by atoms with Gasteiger partial charge in [0, 0.05) is 23.6 Å². The topological polar surface area (TPSA) is 65.2 Å². The summed E-state index contributed by atoms with van der Waals surface area (Å²) >= 11 is 0. The summed E-state index contributed by atoms with van der Waals surface area (Å²) in [5.74, 6) is 0.318. The fourth-order valence-electron chi connectivity index (χ4n) is 3.87. The van der Waals surface area contributed by atoms with Gasteiger partial charge in [0.2, 0.25) is 0 Å². The number of aliphatic imine (C=N–C) groups is 2. The molecule has 36 heavy (non-hydrogen) atoms. The zero-order valence-corrected chi connectivity index (χ0v) is 19.9. The van der Waals surface area contributed by atoms with Crippen LogP contribution in [0.5, 0.6) is 11.5 Å². The summed E-state index contributed by atoms with van der Waals surface area (Å²) in [4.78, 5) is 9.85. The molecule has 0 saturated carbocycles. The molecular weight excluding hydrogens is 444 g/mol. The first kappa shape index (κ1) is 24.4. The summed E-state index contributed by atoms with van der Waals surface area (Å²) in [5.41, 5.74) is 5.17. The monoisotopic (exact) mass is 472 g/mol. The average molecular weight is 473 g/mol. The van der Waals surface area contributed by atoms with E-state index in [4.69, 9.17) is 9.98 Å². The average Bonchev–Trinajstić information content (AvgIpc) is 2.92. The lowest BCUT2D eigenvalue weighted by molar-refractivity contribution is 0.473. The molecule has 0 amide bonds. The number of phenolic OH excluding ortho intramolecular Hbond substituents is 2. The van der Waals surface area contributed by atoms with Gasteiger partial charge in [-0.25, -0.2) is 0 Å². The van der Waals surface area contributed by atoms with E-state index in [1.54, 1.807) is 48.8 Å². The molecule has 0 radical (unpaired) electrons. The maximum atomic E-state index is 10.3. The van der Waals surface area contributed by atoms with Crippen LogP contribution in [0.4, 0.5) is 0 Å². The highest BCUT2D eigenvalue weighted by atomic mass is 16.3. The molecule has 4 aromatic carbocycles. The second-order valence-electron chi connectivity index (χ2n) is 8.31. The lowest BCUT2D eigenvalue weighted by Gasteiger charge is -2.22.